The van der Waals surface area contributed by atoms with E-state index < -0.39 is 0 Å². The van der Waals surface area contributed by atoms with Crippen molar-refractivity contribution < 1.29 is 0 Å². The number of aryl methyl sites for hydroxylation is 3. The van der Waals surface area contributed by atoms with Crippen molar-refractivity contribution in [3.8, 4) is 0 Å². The Morgan fingerprint density at radius 3 is 2.68 bits per heavy atom. The van der Waals surface area contributed by atoms with Crippen molar-refractivity contribution in [1.82, 2.24) is 19.9 Å². The first-order chi connectivity index (χ1) is 14.9. The van der Waals surface area contributed by atoms with Crippen LogP contribution in [0.5, 0.6) is 0 Å². The number of nitrogens with zero attached hydrogens (tertiary/aromatic N) is 2. The number of aromatic amines is 1. The summed E-state index contributed by atoms with van der Waals surface area (Å²) in [6, 6.07) is 6.54. The molecule has 0 radical (unpaired) electrons. The molecule has 0 amide bonds. The van der Waals surface area contributed by atoms with Gasteiger partial charge in [0.2, 0.25) is 0 Å². The van der Waals surface area contributed by atoms with Crippen LogP contribution in [-0.2, 0) is 12.8 Å². The molecule has 1 aliphatic rings. The number of benzene rings is 1. The van der Waals surface area contributed by atoms with E-state index >= 15 is 0 Å². The van der Waals surface area contributed by atoms with E-state index in [0.717, 1.165) is 29.7 Å². The van der Waals surface area contributed by atoms with Gasteiger partial charge in [-0.15, -0.1) is 0 Å². The third-order valence-electron chi connectivity index (χ3n) is 5.46. The summed E-state index contributed by atoms with van der Waals surface area (Å²) < 4.78 is 3.36. The summed E-state index contributed by atoms with van der Waals surface area (Å²) in [5.41, 5.74) is 5.22. The highest BCUT2D eigenvalue weighted by molar-refractivity contribution is 7.97. The van der Waals surface area contributed by atoms with Gasteiger partial charge in [-0.2, -0.15) is 5.10 Å². The van der Waals surface area contributed by atoms with Gasteiger partial charge in [0.25, 0.3) is 0 Å². The van der Waals surface area contributed by atoms with Crippen LogP contribution in [0.3, 0.4) is 0 Å². The minimum Gasteiger partial charge on any atom is -0.330 e. The fourth-order valence-corrected chi connectivity index (χ4v) is 4.64. The minimum atomic E-state index is 0.633. The molecule has 1 aromatic carbocycles. The van der Waals surface area contributed by atoms with Gasteiger partial charge in [-0.25, -0.2) is 4.98 Å². The number of unbranched alkanes of at least 4 members (excludes halogenated alkanes) is 2. The quantitative estimate of drug-likeness (QED) is 0.245. The number of aromatic nitrogens is 3. The first-order valence-corrected chi connectivity index (χ1v) is 12.4. The fourth-order valence-electron chi connectivity index (χ4n) is 3.80. The Labute approximate surface area is 193 Å². The first kappa shape index (κ1) is 25.3. The lowest BCUT2D eigenvalue weighted by Gasteiger charge is -2.14. The van der Waals surface area contributed by atoms with Crippen LogP contribution >= 0.6 is 11.9 Å². The van der Waals surface area contributed by atoms with Crippen LogP contribution in [0.25, 0.3) is 0 Å². The van der Waals surface area contributed by atoms with Crippen molar-refractivity contribution in [3.63, 3.8) is 0 Å². The molecule has 2 N–H and O–H groups in total. The van der Waals surface area contributed by atoms with Gasteiger partial charge in [0.1, 0.15) is 5.82 Å². The van der Waals surface area contributed by atoms with Crippen molar-refractivity contribution in [2.75, 3.05) is 0 Å². The van der Waals surface area contributed by atoms with Crippen LogP contribution in [-0.4, -0.2) is 15.2 Å². The van der Waals surface area contributed by atoms with Crippen LogP contribution in [0.4, 0.5) is 0 Å². The minimum absolute atomic E-state index is 0.633. The van der Waals surface area contributed by atoms with Crippen molar-refractivity contribution in [1.29, 1.82) is 0 Å². The van der Waals surface area contributed by atoms with Crippen molar-refractivity contribution in [2.24, 2.45) is 5.92 Å². The molecule has 1 aliphatic carbocycles. The average molecular weight is 441 g/mol. The molecule has 1 aromatic heterocycles. The second-order valence-electron chi connectivity index (χ2n) is 8.72. The molecule has 1 unspecified atom stereocenters. The molecular formula is C26H40N4S. The molecule has 5 heteroatoms. The summed E-state index contributed by atoms with van der Waals surface area (Å²) in [6.45, 7) is 14.9. The molecule has 1 atom stereocenters. The van der Waals surface area contributed by atoms with Gasteiger partial charge < -0.3 is 4.72 Å². The monoisotopic (exact) mass is 440 g/mol. The molecule has 0 saturated carbocycles. The van der Waals surface area contributed by atoms with Crippen molar-refractivity contribution in [3.05, 3.63) is 64.9 Å². The summed E-state index contributed by atoms with van der Waals surface area (Å²) in [4.78, 5) is 5.63. The van der Waals surface area contributed by atoms with Gasteiger partial charge >= 0.3 is 0 Å². The smallest absolute Gasteiger partial charge is 0.156 e. The largest absolute Gasteiger partial charge is 0.330 e. The Bertz CT molecular complexity index is 853. The molecule has 0 bridgehead atoms. The normalized spacial score (nSPS) is 15.6. The SMILES string of the molecule is C=C(Cc1n[nH]c(C)n1)NSc1c(C)cccc1CCCCC.CC1=CC(C)CCC1. The summed E-state index contributed by atoms with van der Waals surface area (Å²) in [5, 5.41) is 7.01. The number of H-pyrrole nitrogens is 1. The van der Waals surface area contributed by atoms with Crippen LogP contribution in [0.15, 0.2) is 47.0 Å². The number of rotatable bonds is 9. The predicted octanol–water partition coefficient (Wildman–Crippen LogP) is 7.26. The molecule has 31 heavy (non-hydrogen) atoms. The van der Waals surface area contributed by atoms with Crippen LogP contribution < -0.4 is 4.72 Å². The topological polar surface area (TPSA) is 53.6 Å². The molecule has 0 fully saturated rings. The highest BCUT2D eigenvalue weighted by atomic mass is 32.2. The summed E-state index contributed by atoms with van der Waals surface area (Å²) in [7, 11) is 0. The summed E-state index contributed by atoms with van der Waals surface area (Å²) in [6.07, 6.45) is 12.1. The average Bonchev–Trinajstić information content (AvgIpc) is 3.12. The van der Waals surface area contributed by atoms with E-state index in [2.05, 4.69) is 78.5 Å². The Balaban J connectivity index is 0.000000357. The lowest BCUT2D eigenvalue weighted by atomic mass is 9.93. The molecule has 2 aromatic rings. The van der Waals surface area contributed by atoms with E-state index in [4.69, 9.17) is 0 Å². The zero-order valence-corrected chi connectivity index (χ0v) is 20.9. The second kappa shape index (κ2) is 13.4. The molecule has 170 valence electrons. The van der Waals surface area contributed by atoms with Gasteiger partial charge in [-0.05, 0) is 81.9 Å². The fraction of sp³-hybridized carbons (Fsp3) is 0.538. The predicted molar refractivity (Wildman–Crippen MR) is 134 cm³/mol. The van der Waals surface area contributed by atoms with Crippen LogP contribution in [0, 0.1) is 19.8 Å². The summed E-state index contributed by atoms with van der Waals surface area (Å²) in [5.74, 6) is 2.45. The van der Waals surface area contributed by atoms with E-state index in [-0.39, 0.29) is 0 Å². The number of hydrogen-bond acceptors (Lipinski definition) is 4. The molecule has 0 spiro atoms. The van der Waals surface area contributed by atoms with E-state index in [0.29, 0.717) is 6.42 Å². The van der Waals surface area contributed by atoms with Gasteiger partial charge in [-0.3, -0.25) is 5.10 Å². The molecule has 0 saturated heterocycles. The van der Waals surface area contributed by atoms with Gasteiger partial charge in [-0.1, -0.05) is 63.1 Å². The van der Waals surface area contributed by atoms with Crippen LogP contribution in [0.1, 0.15) is 82.1 Å². The highest BCUT2D eigenvalue weighted by Crippen LogP contribution is 2.27. The molecule has 1 heterocycles. The maximum atomic E-state index is 4.31. The Kier molecular flexibility index (Phi) is 10.9. The third kappa shape index (κ3) is 9.34. The van der Waals surface area contributed by atoms with E-state index in [9.17, 15) is 0 Å². The molecule has 3 rings (SSSR count). The third-order valence-corrected chi connectivity index (χ3v) is 6.63. The Hall–Kier alpha value is -2.01. The van der Waals surface area contributed by atoms with Gasteiger partial charge in [0.05, 0.1) is 0 Å². The highest BCUT2D eigenvalue weighted by Gasteiger charge is 2.09. The Morgan fingerprint density at radius 2 is 2.06 bits per heavy atom. The second-order valence-corrected chi connectivity index (χ2v) is 9.54. The van der Waals surface area contributed by atoms with Crippen molar-refractivity contribution >= 4 is 11.9 Å². The van der Waals surface area contributed by atoms with Gasteiger partial charge in [0, 0.05) is 17.0 Å². The standard InChI is InChI=1S/C18H26N4S.C8H14/c1-5-6-7-10-16-11-8-9-13(2)18(16)23-22-14(3)12-17-19-15(4)20-21-17;1-7-4-3-5-8(2)6-7/h8-9,11,22H,3,5-7,10,12H2,1-2,4H3,(H,19,20,21);6-7H,3-5H2,1-2H3. The number of nitrogens with one attached hydrogen (secondary N) is 2. The maximum absolute atomic E-state index is 4.31. The molecular weight excluding hydrogens is 400 g/mol. The lowest BCUT2D eigenvalue weighted by molar-refractivity contribution is 0.568. The maximum Gasteiger partial charge on any atom is 0.156 e. The first-order valence-electron chi connectivity index (χ1n) is 11.6. The van der Waals surface area contributed by atoms with Crippen LogP contribution in [0.2, 0.25) is 0 Å². The van der Waals surface area contributed by atoms with E-state index in [1.807, 2.05) is 6.92 Å². The lowest BCUT2D eigenvalue weighted by Crippen LogP contribution is -2.07. The van der Waals surface area contributed by atoms with E-state index in [1.165, 1.54) is 54.5 Å². The molecule has 0 aliphatic heterocycles. The van der Waals surface area contributed by atoms with Gasteiger partial charge in [0.15, 0.2) is 5.82 Å². The van der Waals surface area contributed by atoms with E-state index in [1.54, 1.807) is 17.5 Å². The Morgan fingerprint density at radius 1 is 1.26 bits per heavy atom. The number of hydrogen-bond donors (Lipinski definition) is 2. The van der Waals surface area contributed by atoms with Crippen molar-refractivity contribution in [2.45, 2.75) is 90.9 Å². The molecule has 4 nitrogen and oxygen atoms in total. The zero-order valence-electron chi connectivity index (χ0n) is 20.1. The number of allylic oxidation sites excluding steroid dienone is 3. The zero-order chi connectivity index (χ0) is 22.6. The summed E-state index contributed by atoms with van der Waals surface area (Å²) >= 11 is 1.65.